The molecule has 1 aromatic carbocycles. The molecule has 0 saturated heterocycles. The van der Waals surface area contributed by atoms with Gasteiger partial charge in [0, 0.05) is 5.70 Å². The van der Waals surface area contributed by atoms with Gasteiger partial charge in [0.05, 0.1) is 18.5 Å². The highest BCUT2D eigenvalue weighted by atomic mass is 16.5. The number of anilines is 1. The normalized spacial score (nSPS) is 18.6. The fraction of sp³-hybridized carbons (Fsp3) is 0.214. The van der Waals surface area contributed by atoms with E-state index in [1.54, 1.807) is 18.0 Å². The second-order valence-electron chi connectivity index (χ2n) is 4.41. The summed E-state index contributed by atoms with van der Waals surface area (Å²) in [7, 11) is 1.32. The van der Waals surface area contributed by atoms with Crippen molar-refractivity contribution < 1.29 is 9.53 Å². The Kier molecular flexibility index (Phi) is 3.95. The third-order valence-electron chi connectivity index (χ3n) is 3.07. The summed E-state index contributed by atoms with van der Waals surface area (Å²) in [6, 6.07) is 9.53. The lowest BCUT2D eigenvalue weighted by Crippen LogP contribution is -2.47. The molecule has 2 rings (SSSR count). The highest BCUT2D eigenvalue weighted by Crippen LogP contribution is 2.24. The lowest BCUT2D eigenvalue weighted by atomic mass is 10.1. The molecule has 0 bridgehead atoms. The van der Waals surface area contributed by atoms with E-state index in [9.17, 15) is 4.79 Å². The number of carbonyl (C=O) groups is 1. The average Bonchev–Trinajstić information content (AvgIpc) is 2.44. The first-order valence-corrected chi connectivity index (χ1v) is 6.18. The van der Waals surface area contributed by atoms with Gasteiger partial charge in [-0.2, -0.15) is 0 Å². The van der Waals surface area contributed by atoms with Crippen molar-refractivity contribution in [2.75, 3.05) is 12.5 Å². The van der Waals surface area contributed by atoms with Gasteiger partial charge >= 0.3 is 5.97 Å². The van der Waals surface area contributed by atoms with Gasteiger partial charge in [-0.15, -0.1) is 0 Å². The second kappa shape index (κ2) is 5.66. The summed E-state index contributed by atoms with van der Waals surface area (Å²) in [5.74, 6) is -0.483. The molecule has 6 nitrogen and oxygen atoms in total. The molecule has 1 heterocycles. The standard InChI is InChI=1S/C14H18N4O2/c1-9-13(14(19)20-2)11(15)8-12(16)18(9)17-10-6-4-3-5-7-10/h3-8,12,17H,15-16H2,1-2H3. The van der Waals surface area contributed by atoms with E-state index >= 15 is 0 Å². The maximum absolute atomic E-state index is 11.8. The number of methoxy groups -OCH3 is 1. The van der Waals surface area contributed by atoms with Gasteiger partial charge in [0.25, 0.3) is 0 Å². The molecule has 0 radical (unpaired) electrons. The molecule has 0 spiro atoms. The molecule has 0 aliphatic carbocycles. The number of allylic oxidation sites excluding steroid dienone is 1. The molecule has 0 amide bonds. The van der Waals surface area contributed by atoms with Crippen LogP contribution in [0.3, 0.4) is 0 Å². The fourth-order valence-corrected chi connectivity index (χ4v) is 2.07. The van der Waals surface area contributed by atoms with E-state index in [0.717, 1.165) is 5.69 Å². The number of rotatable bonds is 3. The lowest BCUT2D eigenvalue weighted by molar-refractivity contribution is -0.136. The smallest absolute Gasteiger partial charge is 0.341 e. The summed E-state index contributed by atoms with van der Waals surface area (Å²) in [6.07, 6.45) is 1.14. The summed E-state index contributed by atoms with van der Waals surface area (Å²) in [6.45, 7) is 1.77. The third-order valence-corrected chi connectivity index (χ3v) is 3.07. The molecule has 6 heteroatoms. The predicted molar refractivity (Wildman–Crippen MR) is 76.9 cm³/mol. The van der Waals surface area contributed by atoms with Crippen LogP contribution >= 0.6 is 0 Å². The summed E-state index contributed by atoms with van der Waals surface area (Å²) in [5, 5.41) is 1.68. The largest absolute Gasteiger partial charge is 0.465 e. The minimum absolute atomic E-state index is 0.317. The molecule has 5 N–H and O–H groups in total. The first kappa shape index (κ1) is 14.0. The Labute approximate surface area is 117 Å². The van der Waals surface area contributed by atoms with Crippen LogP contribution in [0.15, 0.2) is 53.4 Å². The molecule has 1 aliphatic rings. The zero-order valence-electron chi connectivity index (χ0n) is 11.5. The van der Waals surface area contributed by atoms with Crippen molar-refractivity contribution in [2.24, 2.45) is 11.5 Å². The number of esters is 1. The van der Waals surface area contributed by atoms with Crippen molar-refractivity contribution in [3.05, 3.63) is 53.4 Å². The number of benzene rings is 1. The van der Waals surface area contributed by atoms with Crippen molar-refractivity contribution in [2.45, 2.75) is 13.1 Å². The Morgan fingerprint density at radius 3 is 2.60 bits per heavy atom. The van der Waals surface area contributed by atoms with E-state index in [0.29, 0.717) is 17.0 Å². The fourth-order valence-electron chi connectivity index (χ4n) is 2.07. The van der Waals surface area contributed by atoms with Gasteiger partial charge in [-0.1, -0.05) is 18.2 Å². The number of hydrazine groups is 1. The summed E-state index contributed by atoms with van der Waals surface area (Å²) < 4.78 is 4.75. The Bertz CT molecular complexity index is 566. The molecular weight excluding hydrogens is 256 g/mol. The first-order valence-electron chi connectivity index (χ1n) is 6.18. The highest BCUT2D eigenvalue weighted by molar-refractivity contribution is 5.94. The van der Waals surface area contributed by atoms with Crippen LogP contribution in [0.5, 0.6) is 0 Å². The van der Waals surface area contributed by atoms with Crippen LogP contribution in [0.1, 0.15) is 6.92 Å². The molecular formula is C14H18N4O2. The SMILES string of the molecule is COC(=O)C1=C(C)N(Nc2ccccc2)C(N)C=C1N. The van der Waals surface area contributed by atoms with Crippen molar-refractivity contribution >= 4 is 11.7 Å². The number of hydrogen-bond acceptors (Lipinski definition) is 6. The minimum Gasteiger partial charge on any atom is -0.465 e. The number of carbonyl (C=O) groups excluding carboxylic acids is 1. The summed E-state index contributed by atoms with van der Waals surface area (Å²) in [5.41, 5.74) is 17.2. The van der Waals surface area contributed by atoms with Crippen LogP contribution in [-0.4, -0.2) is 24.3 Å². The molecule has 1 aliphatic heterocycles. The van der Waals surface area contributed by atoms with Crippen molar-refractivity contribution in [1.29, 1.82) is 0 Å². The number of nitrogens with one attached hydrogen (secondary N) is 1. The van der Waals surface area contributed by atoms with E-state index in [2.05, 4.69) is 5.43 Å². The van der Waals surface area contributed by atoms with Gasteiger partial charge in [0.15, 0.2) is 0 Å². The lowest BCUT2D eigenvalue weighted by Gasteiger charge is -2.35. The third kappa shape index (κ3) is 2.60. The molecule has 0 fully saturated rings. The van der Waals surface area contributed by atoms with E-state index in [1.807, 2.05) is 30.3 Å². The number of para-hydroxylation sites is 1. The average molecular weight is 274 g/mol. The van der Waals surface area contributed by atoms with Crippen molar-refractivity contribution in [3.8, 4) is 0 Å². The quantitative estimate of drug-likeness (QED) is 0.709. The van der Waals surface area contributed by atoms with E-state index in [-0.39, 0.29) is 0 Å². The number of nitrogens with zero attached hydrogens (tertiary/aromatic N) is 1. The van der Waals surface area contributed by atoms with Crippen LogP contribution in [0.4, 0.5) is 5.69 Å². The molecule has 20 heavy (non-hydrogen) atoms. The number of nitrogens with two attached hydrogens (primary N) is 2. The zero-order valence-corrected chi connectivity index (χ0v) is 11.5. The Morgan fingerprint density at radius 1 is 1.35 bits per heavy atom. The van der Waals surface area contributed by atoms with E-state index in [4.69, 9.17) is 16.2 Å². The van der Waals surface area contributed by atoms with Gasteiger partial charge in [-0.05, 0) is 25.1 Å². The molecule has 0 aromatic heterocycles. The van der Waals surface area contributed by atoms with E-state index < -0.39 is 12.1 Å². The molecule has 1 aromatic rings. The van der Waals surface area contributed by atoms with Crippen LogP contribution in [-0.2, 0) is 9.53 Å². The van der Waals surface area contributed by atoms with Crippen LogP contribution in [0, 0.1) is 0 Å². The maximum atomic E-state index is 11.8. The Hall–Kier alpha value is -2.47. The Morgan fingerprint density at radius 2 is 2.00 bits per heavy atom. The molecule has 0 saturated carbocycles. The van der Waals surface area contributed by atoms with Crippen molar-refractivity contribution in [1.82, 2.24) is 5.01 Å². The van der Waals surface area contributed by atoms with Gasteiger partial charge < -0.3 is 16.2 Å². The second-order valence-corrected chi connectivity index (χ2v) is 4.41. The van der Waals surface area contributed by atoms with Crippen LogP contribution < -0.4 is 16.9 Å². The topological polar surface area (TPSA) is 93.6 Å². The van der Waals surface area contributed by atoms with Gasteiger partial charge in [-0.25, -0.2) is 4.79 Å². The predicted octanol–water partition coefficient (Wildman–Crippen LogP) is 0.903. The monoisotopic (exact) mass is 274 g/mol. The van der Waals surface area contributed by atoms with E-state index in [1.165, 1.54) is 7.11 Å². The molecule has 1 unspecified atom stereocenters. The summed E-state index contributed by atoms with van der Waals surface area (Å²) >= 11 is 0. The Balaban J connectivity index is 2.33. The van der Waals surface area contributed by atoms with Gasteiger partial charge in [0.2, 0.25) is 0 Å². The number of ether oxygens (including phenoxy) is 1. The maximum Gasteiger partial charge on any atom is 0.341 e. The van der Waals surface area contributed by atoms with Crippen molar-refractivity contribution in [3.63, 3.8) is 0 Å². The summed E-state index contributed by atoms with van der Waals surface area (Å²) in [4.78, 5) is 11.8. The molecule has 1 atom stereocenters. The highest BCUT2D eigenvalue weighted by Gasteiger charge is 2.28. The number of hydrogen-bond donors (Lipinski definition) is 3. The zero-order chi connectivity index (χ0) is 14.7. The minimum atomic E-state index is -0.483. The van der Waals surface area contributed by atoms with Crippen LogP contribution in [0.2, 0.25) is 0 Å². The molecule has 106 valence electrons. The van der Waals surface area contributed by atoms with Gasteiger partial charge in [0.1, 0.15) is 11.7 Å². The van der Waals surface area contributed by atoms with Crippen LogP contribution in [0.25, 0.3) is 0 Å². The first-order chi connectivity index (χ1) is 9.54. The van der Waals surface area contributed by atoms with Gasteiger partial charge in [-0.3, -0.25) is 10.4 Å².